The maximum Gasteiger partial charge on any atom is 0.311 e. The van der Waals surface area contributed by atoms with Gasteiger partial charge in [-0.15, -0.1) is 11.3 Å². The number of thiophene rings is 1. The standard InChI is InChI=1S/C20H15N3O3S/c1-12-6-7-23-17(9-12)21-18(16-3-2-8-27-16)19(23)22-20(24)13-4-5-14-15(10-13)26-11-25-14/h2-10H,11H2,1H3,(H,22,24)/p+1. The van der Waals surface area contributed by atoms with Crippen LogP contribution in [0.15, 0.2) is 54.0 Å². The van der Waals surface area contributed by atoms with Crippen molar-refractivity contribution in [2.45, 2.75) is 6.92 Å². The quantitative estimate of drug-likeness (QED) is 0.533. The number of amides is 1. The molecule has 0 spiro atoms. The number of benzene rings is 1. The minimum absolute atomic E-state index is 0.181. The Morgan fingerprint density at radius 2 is 2.07 bits per heavy atom. The van der Waals surface area contributed by atoms with E-state index in [4.69, 9.17) is 9.47 Å². The highest BCUT2D eigenvalue weighted by molar-refractivity contribution is 7.13. The number of anilines is 1. The van der Waals surface area contributed by atoms with Crippen LogP contribution in [-0.2, 0) is 0 Å². The van der Waals surface area contributed by atoms with Crippen LogP contribution in [-0.4, -0.2) is 17.7 Å². The number of aryl methyl sites for hydroxylation is 1. The van der Waals surface area contributed by atoms with Gasteiger partial charge < -0.3 is 9.47 Å². The molecule has 0 atom stereocenters. The van der Waals surface area contributed by atoms with Gasteiger partial charge in [0, 0.05) is 6.07 Å². The lowest BCUT2D eigenvalue weighted by molar-refractivity contribution is -0.493. The largest absolute Gasteiger partial charge is 0.454 e. The van der Waals surface area contributed by atoms with Crippen LogP contribution in [0.2, 0.25) is 0 Å². The number of carbonyl (C=O) groups is 1. The fourth-order valence-electron chi connectivity index (χ4n) is 3.14. The predicted molar refractivity (Wildman–Crippen MR) is 103 cm³/mol. The third kappa shape index (κ3) is 2.72. The van der Waals surface area contributed by atoms with E-state index in [1.54, 1.807) is 29.5 Å². The lowest BCUT2D eigenvalue weighted by Crippen LogP contribution is -2.27. The van der Waals surface area contributed by atoms with Crippen LogP contribution in [0, 0.1) is 6.92 Å². The molecule has 0 radical (unpaired) electrons. The van der Waals surface area contributed by atoms with Crippen molar-refractivity contribution in [3.8, 4) is 22.1 Å². The number of pyridine rings is 1. The Kier molecular flexibility index (Phi) is 3.61. The van der Waals surface area contributed by atoms with Gasteiger partial charge in [-0.2, -0.15) is 0 Å². The van der Waals surface area contributed by atoms with E-state index in [1.165, 1.54) is 0 Å². The molecule has 0 saturated carbocycles. The molecule has 4 heterocycles. The van der Waals surface area contributed by atoms with Gasteiger partial charge in [0.25, 0.3) is 5.82 Å². The average molecular weight is 378 g/mol. The normalized spacial score (nSPS) is 12.5. The number of nitrogens with one attached hydrogen (secondary N) is 2. The monoisotopic (exact) mass is 378 g/mol. The Morgan fingerprint density at radius 3 is 2.93 bits per heavy atom. The van der Waals surface area contributed by atoms with Crippen LogP contribution in [0.3, 0.4) is 0 Å². The zero-order valence-electron chi connectivity index (χ0n) is 14.5. The molecule has 1 amide bonds. The Bertz CT molecular complexity index is 1160. The van der Waals surface area contributed by atoms with Crippen LogP contribution >= 0.6 is 11.3 Å². The van der Waals surface area contributed by atoms with Gasteiger partial charge in [0.2, 0.25) is 12.4 Å². The number of nitrogens with zero attached hydrogens (tertiary/aromatic N) is 1. The number of aromatic nitrogens is 2. The second kappa shape index (κ2) is 6.14. The zero-order valence-corrected chi connectivity index (χ0v) is 15.3. The van der Waals surface area contributed by atoms with Gasteiger partial charge in [-0.1, -0.05) is 6.07 Å². The molecule has 0 unspecified atom stereocenters. The van der Waals surface area contributed by atoms with Gasteiger partial charge in [-0.05, 0) is 48.2 Å². The smallest absolute Gasteiger partial charge is 0.311 e. The first-order valence-electron chi connectivity index (χ1n) is 8.48. The van der Waals surface area contributed by atoms with Crippen molar-refractivity contribution in [1.29, 1.82) is 0 Å². The number of ether oxygens (including phenoxy) is 2. The number of hydrogen-bond donors (Lipinski definition) is 2. The van der Waals surface area contributed by atoms with Crippen molar-refractivity contribution >= 4 is 28.7 Å². The van der Waals surface area contributed by atoms with Crippen molar-refractivity contribution in [3.63, 3.8) is 0 Å². The number of carbonyl (C=O) groups excluding carboxylic acids is 1. The Morgan fingerprint density at radius 1 is 1.19 bits per heavy atom. The number of rotatable bonds is 3. The van der Waals surface area contributed by atoms with Crippen LogP contribution in [0.4, 0.5) is 5.82 Å². The van der Waals surface area contributed by atoms with Crippen LogP contribution < -0.4 is 19.2 Å². The number of hydrogen-bond acceptors (Lipinski definition) is 4. The Hall–Kier alpha value is -3.32. The molecule has 6 nitrogen and oxygen atoms in total. The summed E-state index contributed by atoms with van der Waals surface area (Å²) in [6.07, 6.45) is 1.95. The van der Waals surface area contributed by atoms with E-state index >= 15 is 0 Å². The lowest BCUT2D eigenvalue weighted by atomic mass is 10.2. The molecule has 0 bridgehead atoms. The fourth-order valence-corrected chi connectivity index (χ4v) is 3.87. The topological polar surface area (TPSA) is 67.5 Å². The van der Waals surface area contributed by atoms with E-state index in [1.807, 2.05) is 47.2 Å². The van der Waals surface area contributed by atoms with Crippen LogP contribution in [0.25, 0.3) is 16.2 Å². The summed E-state index contributed by atoms with van der Waals surface area (Å²) in [4.78, 5) is 17.4. The Labute approximate surface area is 159 Å². The second-order valence-electron chi connectivity index (χ2n) is 6.31. The number of aromatic amines is 1. The summed E-state index contributed by atoms with van der Waals surface area (Å²) in [6.45, 7) is 2.22. The molecule has 0 fully saturated rings. The van der Waals surface area contributed by atoms with Gasteiger partial charge in [0.1, 0.15) is 0 Å². The van der Waals surface area contributed by atoms with Gasteiger partial charge >= 0.3 is 5.91 Å². The van der Waals surface area contributed by atoms with E-state index in [-0.39, 0.29) is 12.7 Å². The van der Waals surface area contributed by atoms with Gasteiger partial charge in [-0.25, -0.2) is 9.72 Å². The van der Waals surface area contributed by atoms with Crippen molar-refractivity contribution in [3.05, 3.63) is 65.2 Å². The summed E-state index contributed by atoms with van der Waals surface area (Å²) in [5, 5.41) is 5.07. The van der Waals surface area contributed by atoms with Crippen LogP contribution in [0.1, 0.15) is 15.9 Å². The van der Waals surface area contributed by atoms with Gasteiger partial charge in [0.05, 0.1) is 16.6 Å². The van der Waals surface area contributed by atoms with E-state index in [9.17, 15) is 4.79 Å². The van der Waals surface area contributed by atoms with Crippen LogP contribution in [0.5, 0.6) is 11.5 Å². The van der Waals surface area contributed by atoms with Crippen molar-refractivity contribution in [1.82, 2.24) is 4.98 Å². The third-order valence-corrected chi connectivity index (χ3v) is 5.36. The molecule has 0 saturated heterocycles. The molecular formula is C20H16N3O3S+. The minimum Gasteiger partial charge on any atom is -0.454 e. The minimum atomic E-state index is -0.208. The molecule has 1 aliphatic heterocycles. The number of fused-ring (bicyclic) bond motifs is 2. The predicted octanol–water partition coefficient (Wildman–Crippen LogP) is 3.77. The summed E-state index contributed by atoms with van der Waals surface area (Å²) in [5.41, 5.74) is 3.45. The van der Waals surface area contributed by atoms with E-state index in [0.717, 1.165) is 21.8 Å². The van der Waals surface area contributed by atoms with Gasteiger partial charge in [0.15, 0.2) is 17.2 Å². The highest BCUT2D eigenvalue weighted by Gasteiger charge is 2.25. The zero-order chi connectivity index (χ0) is 18.4. The third-order valence-electron chi connectivity index (χ3n) is 4.48. The summed E-state index contributed by atoms with van der Waals surface area (Å²) < 4.78 is 12.6. The number of H-pyrrole nitrogens is 1. The first-order chi connectivity index (χ1) is 13.2. The van der Waals surface area contributed by atoms with E-state index < -0.39 is 0 Å². The summed E-state index contributed by atoms with van der Waals surface area (Å²) >= 11 is 1.62. The Balaban J connectivity index is 1.57. The van der Waals surface area contributed by atoms with Crippen molar-refractivity contribution in [2.24, 2.45) is 0 Å². The summed E-state index contributed by atoms with van der Waals surface area (Å²) in [6, 6.07) is 13.3. The second-order valence-corrected chi connectivity index (χ2v) is 7.26. The summed E-state index contributed by atoms with van der Waals surface area (Å²) in [5.74, 6) is 1.74. The molecule has 27 heavy (non-hydrogen) atoms. The molecular weight excluding hydrogens is 362 g/mol. The van der Waals surface area contributed by atoms with Gasteiger partial charge in [-0.3, -0.25) is 9.78 Å². The molecule has 134 valence electrons. The summed E-state index contributed by atoms with van der Waals surface area (Å²) in [7, 11) is 0. The maximum atomic E-state index is 12.9. The lowest BCUT2D eigenvalue weighted by Gasteiger charge is -2.03. The first kappa shape index (κ1) is 15.9. The fraction of sp³-hybridized carbons (Fsp3) is 0.100. The molecule has 5 rings (SSSR count). The molecule has 7 heteroatoms. The SMILES string of the molecule is Cc1cc[n+]2c(NC(=O)c3ccc4c(c3)OCO4)c(-c3cccs3)[nH]c2c1. The molecule has 1 aliphatic rings. The van der Waals surface area contributed by atoms with E-state index in [0.29, 0.717) is 22.9 Å². The highest BCUT2D eigenvalue weighted by atomic mass is 32.1. The van der Waals surface area contributed by atoms with E-state index in [2.05, 4.69) is 10.3 Å². The molecule has 0 aliphatic carbocycles. The average Bonchev–Trinajstić information content (AvgIpc) is 3.40. The van der Waals surface area contributed by atoms with Crippen molar-refractivity contribution < 1.29 is 18.7 Å². The molecule has 3 aromatic heterocycles. The first-order valence-corrected chi connectivity index (χ1v) is 9.36. The molecule has 1 aromatic carbocycles. The molecule has 4 aromatic rings. The number of imidazole rings is 1. The van der Waals surface area contributed by atoms with Crippen molar-refractivity contribution in [2.75, 3.05) is 12.1 Å². The highest BCUT2D eigenvalue weighted by Crippen LogP contribution is 2.33. The maximum absolute atomic E-state index is 12.9. The molecule has 2 N–H and O–H groups in total.